The number of methoxy groups -OCH3 is 1. The third-order valence-electron chi connectivity index (χ3n) is 3.12. The van der Waals surface area contributed by atoms with Crippen molar-refractivity contribution in [3.05, 3.63) is 71.0 Å². The van der Waals surface area contributed by atoms with E-state index in [0.29, 0.717) is 28.0 Å². The molecule has 0 bridgehead atoms. The number of rotatable bonds is 4. The van der Waals surface area contributed by atoms with E-state index in [1.165, 1.54) is 6.07 Å². The molecule has 0 saturated heterocycles. The Morgan fingerprint density at radius 3 is 2.52 bits per heavy atom. The van der Waals surface area contributed by atoms with E-state index in [1.807, 2.05) is 0 Å². The van der Waals surface area contributed by atoms with E-state index < -0.39 is 5.97 Å². The van der Waals surface area contributed by atoms with Gasteiger partial charge in [0.05, 0.1) is 7.11 Å². The van der Waals surface area contributed by atoms with Crippen LogP contribution in [0.3, 0.4) is 0 Å². The molecule has 21 heavy (non-hydrogen) atoms. The summed E-state index contributed by atoms with van der Waals surface area (Å²) < 4.78 is 18.5. The summed E-state index contributed by atoms with van der Waals surface area (Å²) in [5, 5.41) is 9.08. The molecule has 0 aliphatic carbocycles. The Hall–Kier alpha value is -2.62. The Morgan fingerprint density at radius 1 is 1.19 bits per heavy atom. The van der Waals surface area contributed by atoms with Gasteiger partial charge in [-0.3, -0.25) is 0 Å². The molecule has 1 N–H and O–H groups in total. The highest BCUT2D eigenvalue weighted by molar-refractivity contribution is 5.95. The maximum atomic E-state index is 13.4. The lowest BCUT2D eigenvalue weighted by Crippen LogP contribution is -1.96. The molecule has 0 aliphatic heterocycles. The van der Waals surface area contributed by atoms with Crippen LogP contribution in [-0.4, -0.2) is 18.2 Å². The van der Waals surface area contributed by atoms with Crippen molar-refractivity contribution in [1.82, 2.24) is 0 Å². The van der Waals surface area contributed by atoms with Crippen molar-refractivity contribution >= 4 is 11.5 Å². The first-order valence-electron chi connectivity index (χ1n) is 6.37. The molecule has 0 saturated carbocycles. The Balaban J connectivity index is 2.57. The highest BCUT2D eigenvalue weighted by atomic mass is 19.1. The van der Waals surface area contributed by atoms with Crippen LogP contribution in [0.5, 0.6) is 5.75 Å². The normalized spacial score (nSPS) is 11.3. The molecule has 3 nitrogen and oxygen atoms in total. The number of aliphatic carboxylic acids is 1. The fourth-order valence-electron chi connectivity index (χ4n) is 2.06. The van der Waals surface area contributed by atoms with Crippen molar-refractivity contribution in [2.45, 2.75) is 6.92 Å². The summed E-state index contributed by atoms with van der Waals surface area (Å²) in [6, 6.07) is 11.6. The molecule has 108 valence electrons. The number of benzene rings is 2. The lowest BCUT2D eigenvalue weighted by molar-refractivity contribution is -0.131. The first kappa shape index (κ1) is 14.8. The van der Waals surface area contributed by atoms with Gasteiger partial charge in [0, 0.05) is 6.08 Å². The molecule has 2 aromatic carbocycles. The maximum Gasteiger partial charge on any atom is 0.328 e. The summed E-state index contributed by atoms with van der Waals surface area (Å²) in [4.78, 5) is 11.1. The van der Waals surface area contributed by atoms with Crippen LogP contribution in [-0.2, 0) is 4.79 Å². The van der Waals surface area contributed by atoms with Crippen molar-refractivity contribution < 1.29 is 19.0 Å². The van der Waals surface area contributed by atoms with Crippen LogP contribution in [0, 0.1) is 12.7 Å². The van der Waals surface area contributed by atoms with E-state index in [-0.39, 0.29) is 5.82 Å². The van der Waals surface area contributed by atoms with Gasteiger partial charge in [-0.05, 0) is 53.5 Å². The highest BCUT2D eigenvalue weighted by Gasteiger charge is 2.10. The van der Waals surface area contributed by atoms with Crippen LogP contribution in [0.15, 0.2) is 48.5 Å². The number of carboxylic acid groups (broad SMARTS) is 1. The van der Waals surface area contributed by atoms with Crippen molar-refractivity contribution in [2.75, 3.05) is 7.11 Å². The molecular weight excluding hydrogens is 271 g/mol. The molecule has 0 fully saturated rings. The SMILES string of the molecule is COc1cccc(/C(=C\C(=O)O)c2ccc(F)c(C)c2)c1. The number of ether oxygens (including phenoxy) is 1. The smallest absolute Gasteiger partial charge is 0.328 e. The van der Waals surface area contributed by atoms with E-state index >= 15 is 0 Å². The number of aryl methyl sites for hydroxylation is 1. The van der Waals surface area contributed by atoms with Gasteiger partial charge in [-0.1, -0.05) is 18.2 Å². The molecule has 4 heteroatoms. The topological polar surface area (TPSA) is 46.5 Å². The van der Waals surface area contributed by atoms with E-state index in [0.717, 1.165) is 6.08 Å². The van der Waals surface area contributed by atoms with Crippen molar-refractivity contribution in [3.8, 4) is 5.75 Å². The lowest BCUT2D eigenvalue weighted by atomic mass is 9.96. The third kappa shape index (κ3) is 3.48. The molecule has 2 aromatic rings. The fourth-order valence-corrected chi connectivity index (χ4v) is 2.06. The molecule has 0 atom stereocenters. The average Bonchev–Trinajstić information content (AvgIpc) is 2.47. The molecule has 0 spiro atoms. The Morgan fingerprint density at radius 2 is 1.90 bits per heavy atom. The molecule has 0 aromatic heterocycles. The van der Waals surface area contributed by atoms with Gasteiger partial charge in [-0.15, -0.1) is 0 Å². The van der Waals surface area contributed by atoms with Crippen LogP contribution >= 0.6 is 0 Å². The molecular formula is C17H15FO3. The highest BCUT2D eigenvalue weighted by Crippen LogP contribution is 2.27. The summed E-state index contributed by atoms with van der Waals surface area (Å²) in [5.74, 6) is -0.753. The van der Waals surface area contributed by atoms with Gasteiger partial charge in [0.15, 0.2) is 0 Å². The van der Waals surface area contributed by atoms with Gasteiger partial charge in [0.2, 0.25) is 0 Å². The Labute approximate surface area is 122 Å². The van der Waals surface area contributed by atoms with Crippen molar-refractivity contribution in [2.24, 2.45) is 0 Å². The third-order valence-corrected chi connectivity index (χ3v) is 3.12. The van der Waals surface area contributed by atoms with Gasteiger partial charge in [0.25, 0.3) is 0 Å². The van der Waals surface area contributed by atoms with Gasteiger partial charge in [-0.2, -0.15) is 0 Å². The maximum absolute atomic E-state index is 13.4. The number of hydrogen-bond donors (Lipinski definition) is 1. The van der Waals surface area contributed by atoms with Crippen molar-refractivity contribution in [1.29, 1.82) is 0 Å². The fraction of sp³-hybridized carbons (Fsp3) is 0.118. The van der Waals surface area contributed by atoms with Crippen LogP contribution in [0.25, 0.3) is 5.57 Å². The number of carboxylic acids is 1. The van der Waals surface area contributed by atoms with Gasteiger partial charge in [0.1, 0.15) is 11.6 Å². The first-order chi connectivity index (χ1) is 10.0. The predicted molar refractivity (Wildman–Crippen MR) is 78.8 cm³/mol. The molecule has 0 radical (unpaired) electrons. The van der Waals surface area contributed by atoms with Crippen molar-refractivity contribution in [3.63, 3.8) is 0 Å². The lowest BCUT2D eigenvalue weighted by Gasteiger charge is -2.10. The van der Waals surface area contributed by atoms with Crippen LogP contribution < -0.4 is 4.74 Å². The quantitative estimate of drug-likeness (QED) is 0.872. The minimum Gasteiger partial charge on any atom is -0.497 e. The van der Waals surface area contributed by atoms with E-state index in [1.54, 1.807) is 50.4 Å². The zero-order valence-electron chi connectivity index (χ0n) is 11.8. The van der Waals surface area contributed by atoms with Crippen LogP contribution in [0.2, 0.25) is 0 Å². The summed E-state index contributed by atoms with van der Waals surface area (Å²) >= 11 is 0. The van der Waals surface area contributed by atoms with Gasteiger partial charge >= 0.3 is 5.97 Å². The van der Waals surface area contributed by atoms with Crippen LogP contribution in [0.1, 0.15) is 16.7 Å². The summed E-state index contributed by atoms with van der Waals surface area (Å²) in [7, 11) is 1.54. The monoisotopic (exact) mass is 286 g/mol. The molecule has 0 amide bonds. The second-order valence-corrected chi connectivity index (χ2v) is 4.59. The van der Waals surface area contributed by atoms with Gasteiger partial charge < -0.3 is 9.84 Å². The standard InChI is InChI=1S/C17H15FO3/c1-11-8-13(6-7-16(11)18)15(10-17(19)20)12-4-3-5-14(9-12)21-2/h3-10H,1-2H3,(H,19,20)/b15-10+. The Kier molecular flexibility index (Phi) is 4.38. The Bertz CT molecular complexity index is 705. The summed E-state index contributed by atoms with van der Waals surface area (Å²) in [6.07, 6.45) is 1.11. The van der Waals surface area contributed by atoms with E-state index in [2.05, 4.69) is 0 Å². The largest absolute Gasteiger partial charge is 0.497 e. The number of carbonyl (C=O) groups is 1. The second kappa shape index (κ2) is 6.22. The van der Waals surface area contributed by atoms with Crippen LogP contribution in [0.4, 0.5) is 4.39 Å². The van der Waals surface area contributed by atoms with E-state index in [4.69, 9.17) is 9.84 Å². The molecule has 0 unspecified atom stereocenters. The first-order valence-corrected chi connectivity index (χ1v) is 6.37. The number of halogens is 1. The summed E-state index contributed by atoms with van der Waals surface area (Å²) in [5.41, 5.74) is 2.31. The molecule has 2 rings (SSSR count). The summed E-state index contributed by atoms with van der Waals surface area (Å²) in [6.45, 7) is 1.64. The minimum absolute atomic E-state index is 0.320. The predicted octanol–water partition coefficient (Wildman–Crippen LogP) is 3.66. The zero-order chi connectivity index (χ0) is 15.4. The van der Waals surface area contributed by atoms with E-state index in [9.17, 15) is 9.18 Å². The zero-order valence-corrected chi connectivity index (χ0v) is 11.8. The number of hydrogen-bond acceptors (Lipinski definition) is 2. The van der Waals surface area contributed by atoms with Gasteiger partial charge in [-0.25, -0.2) is 9.18 Å². The minimum atomic E-state index is -1.06. The molecule has 0 aliphatic rings. The average molecular weight is 286 g/mol. The second-order valence-electron chi connectivity index (χ2n) is 4.59. The molecule has 0 heterocycles.